The molecule has 1 atom stereocenters. The fourth-order valence-corrected chi connectivity index (χ4v) is 4.00. The van der Waals surface area contributed by atoms with E-state index in [1.54, 1.807) is 6.07 Å². The summed E-state index contributed by atoms with van der Waals surface area (Å²) in [6.45, 7) is 1.94. The minimum absolute atomic E-state index is 0.251. The van der Waals surface area contributed by atoms with Gasteiger partial charge >= 0.3 is 0 Å². The van der Waals surface area contributed by atoms with Crippen LogP contribution < -0.4 is 10.2 Å². The Balaban J connectivity index is 1.43. The second kappa shape index (κ2) is 8.37. The molecule has 0 aliphatic carbocycles. The fraction of sp³-hybridized carbons (Fsp3) is 0.0833. The third-order valence-electron chi connectivity index (χ3n) is 4.58. The lowest BCUT2D eigenvalue weighted by molar-refractivity contribution is -0.116. The Morgan fingerprint density at radius 2 is 1.55 bits per heavy atom. The van der Waals surface area contributed by atoms with Crippen molar-refractivity contribution in [3.05, 3.63) is 95.6 Å². The molecule has 0 saturated carbocycles. The number of carbonyl (C=O) groups is 2. The third kappa shape index (κ3) is 4.41. The van der Waals surface area contributed by atoms with Gasteiger partial charge < -0.3 is 5.32 Å². The van der Waals surface area contributed by atoms with Crippen molar-refractivity contribution < 1.29 is 9.59 Å². The molecule has 0 radical (unpaired) electrons. The highest BCUT2D eigenvalue weighted by molar-refractivity contribution is 8.16. The van der Waals surface area contributed by atoms with E-state index >= 15 is 0 Å². The Hall–Kier alpha value is -3.31. The minimum atomic E-state index is -0.631. The van der Waals surface area contributed by atoms with Gasteiger partial charge in [-0.25, -0.2) is 4.90 Å². The minimum Gasteiger partial charge on any atom is -0.365 e. The van der Waals surface area contributed by atoms with Gasteiger partial charge in [-0.15, -0.1) is 0 Å². The topological polar surface area (TPSA) is 49.4 Å². The molecule has 4 nitrogen and oxygen atoms in total. The molecule has 5 heteroatoms. The molecule has 1 unspecified atom stereocenters. The molecule has 0 spiro atoms. The van der Waals surface area contributed by atoms with E-state index in [2.05, 4.69) is 11.4 Å². The average molecular weight is 401 g/mol. The number of thioether (sulfide) groups is 1. The van der Waals surface area contributed by atoms with Gasteiger partial charge in [0, 0.05) is 5.69 Å². The number of nitrogens with zero attached hydrogens (tertiary/aromatic N) is 1. The van der Waals surface area contributed by atoms with Gasteiger partial charge in [0.2, 0.25) is 0 Å². The standard InChI is InChI=1S/C24H20N2O2S/c1-17-6-5-9-21(16-17)26-23(27)22(29-24(26)28)25-20-14-12-19(13-15-20)11-10-18-7-3-2-4-8-18/h2-16,22,25H,1H3. The Kier molecular flexibility index (Phi) is 5.49. The summed E-state index contributed by atoms with van der Waals surface area (Å²) in [5.41, 5.74) is 4.60. The van der Waals surface area contributed by atoms with Crippen LogP contribution in [0.15, 0.2) is 78.9 Å². The van der Waals surface area contributed by atoms with Crippen molar-refractivity contribution in [2.45, 2.75) is 12.3 Å². The van der Waals surface area contributed by atoms with Gasteiger partial charge in [0.1, 0.15) is 0 Å². The number of aryl methyl sites for hydroxylation is 1. The van der Waals surface area contributed by atoms with Crippen LogP contribution in [-0.2, 0) is 4.79 Å². The lowest BCUT2D eigenvalue weighted by atomic mass is 10.1. The molecule has 4 rings (SSSR count). The number of hydrogen-bond donors (Lipinski definition) is 1. The first-order valence-electron chi connectivity index (χ1n) is 9.31. The van der Waals surface area contributed by atoms with E-state index in [0.29, 0.717) is 5.69 Å². The van der Waals surface area contributed by atoms with Crippen LogP contribution in [0, 0.1) is 6.92 Å². The van der Waals surface area contributed by atoms with Gasteiger partial charge in [-0.1, -0.05) is 66.7 Å². The van der Waals surface area contributed by atoms with Crippen molar-refractivity contribution >= 4 is 46.4 Å². The van der Waals surface area contributed by atoms with E-state index in [1.807, 2.05) is 85.8 Å². The number of rotatable bonds is 5. The molecule has 29 heavy (non-hydrogen) atoms. The van der Waals surface area contributed by atoms with Gasteiger partial charge in [0.25, 0.3) is 11.1 Å². The average Bonchev–Trinajstić information content (AvgIpc) is 3.01. The van der Waals surface area contributed by atoms with Crippen molar-refractivity contribution in [2.75, 3.05) is 10.2 Å². The number of hydrogen-bond acceptors (Lipinski definition) is 4. The Morgan fingerprint density at radius 3 is 2.24 bits per heavy atom. The van der Waals surface area contributed by atoms with Crippen molar-refractivity contribution in [1.82, 2.24) is 0 Å². The summed E-state index contributed by atoms with van der Waals surface area (Å²) < 4.78 is 0. The predicted molar refractivity (Wildman–Crippen MR) is 121 cm³/mol. The Labute approximate surface area is 174 Å². The molecule has 0 aromatic heterocycles. The maximum Gasteiger partial charge on any atom is 0.295 e. The van der Waals surface area contributed by atoms with E-state index in [9.17, 15) is 9.59 Å². The molecular formula is C24H20N2O2S. The van der Waals surface area contributed by atoms with Crippen LogP contribution in [-0.4, -0.2) is 16.5 Å². The van der Waals surface area contributed by atoms with Crippen LogP contribution in [0.2, 0.25) is 0 Å². The van der Waals surface area contributed by atoms with Crippen LogP contribution in [0.5, 0.6) is 0 Å². The van der Waals surface area contributed by atoms with E-state index in [4.69, 9.17) is 0 Å². The van der Waals surface area contributed by atoms with Gasteiger partial charge in [0.15, 0.2) is 5.37 Å². The largest absolute Gasteiger partial charge is 0.365 e. The van der Waals surface area contributed by atoms with Crippen LogP contribution in [0.25, 0.3) is 12.2 Å². The number of benzene rings is 3. The van der Waals surface area contributed by atoms with Gasteiger partial charge in [-0.2, -0.15) is 0 Å². The number of amides is 2. The highest BCUT2D eigenvalue weighted by Gasteiger charge is 2.40. The number of nitrogens with one attached hydrogen (secondary N) is 1. The van der Waals surface area contributed by atoms with Crippen molar-refractivity contribution in [2.24, 2.45) is 0 Å². The summed E-state index contributed by atoms with van der Waals surface area (Å²) in [6.07, 6.45) is 4.09. The van der Waals surface area contributed by atoms with E-state index in [0.717, 1.165) is 34.1 Å². The lowest BCUT2D eigenvalue weighted by Gasteiger charge is -2.15. The number of carbonyl (C=O) groups excluding carboxylic acids is 2. The summed E-state index contributed by atoms with van der Waals surface area (Å²) >= 11 is 1.00. The fourth-order valence-electron chi connectivity index (χ4n) is 3.10. The summed E-state index contributed by atoms with van der Waals surface area (Å²) in [4.78, 5) is 26.4. The van der Waals surface area contributed by atoms with Gasteiger partial charge in [-0.05, 0) is 59.6 Å². The zero-order valence-electron chi connectivity index (χ0n) is 15.9. The summed E-state index contributed by atoms with van der Waals surface area (Å²) in [6, 6.07) is 25.3. The Morgan fingerprint density at radius 1 is 0.862 bits per heavy atom. The van der Waals surface area contributed by atoms with Crippen molar-refractivity contribution in [3.8, 4) is 0 Å². The molecule has 1 heterocycles. The zero-order valence-corrected chi connectivity index (χ0v) is 16.7. The van der Waals surface area contributed by atoms with Crippen molar-refractivity contribution in [1.29, 1.82) is 0 Å². The quantitative estimate of drug-likeness (QED) is 0.550. The Bertz CT molecular complexity index is 1060. The highest BCUT2D eigenvalue weighted by Crippen LogP contribution is 2.32. The summed E-state index contributed by atoms with van der Waals surface area (Å²) in [5, 5.41) is 2.27. The first-order chi connectivity index (χ1) is 14.1. The molecule has 3 aromatic carbocycles. The molecule has 144 valence electrons. The monoisotopic (exact) mass is 400 g/mol. The molecule has 3 aromatic rings. The molecule has 1 N–H and O–H groups in total. The molecule has 1 aliphatic rings. The molecule has 1 saturated heterocycles. The molecule has 1 fully saturated rings. The molecular weight excluding hydrogens is 380 g/mol. The van der Waals surface area contributed by atoms with Crippen LogP contribution >= 0.6 is 11.8 Å². The molecule has 0 bridgehead atoms. The maximum atomic E-state index is 12.8. The normalized spacial score (nSPS) is 16.6. The van der Waals surface area contributed by atoms with Gasteiger partial charge in [0.05, 0.1) is 5.69 Å². The summed E-state index contributed by atoms with van der Waals surface area (Å²) in [5.74, 6) is -0.251. The highest BCUT2D eigenvalue weighted by atomic mass is 32.2. The van der Waals surface area contributed by atoms with Gasteiger partial charge in [-0.3, -0.25) is 9.59 Å². The maximum absolute atomic E-state index is 12.8. The third-order valence-corrected chi connectivity index (χ3v) is 5.52. The zero-order chi connectivity index (χ0) is 20.2. The summed E-state index contributed by atoms with van der Waals surface area (Å²) in [7, 11) is 0. The SMILES string of the molecule is Cc1cccc(N2C(=O)SC(Nc3ccc(C=Cc4ccccc4)cc3)C2=O)c1. The number of imide groups is 1. The second-order valence-electron chi connectivity index (χ2n) is 6.79. The van der Waals surface area contributed by atoms with Crippen molar-refractivity contribution in [3.63, 3.8) is 0 Å². The second-order valence-corrected chi connectivity index (χ2v) is 7.84. The number of anilines is 2. The van der Waals surface area contributed by atoms with E-state index in [-0.39, 0.29) is 11.1 Å². The predicted octanol–water partition coefficient (Wildman–Crippen LogP) is 5.80. The first-order valence-corrected chi connectivity index (χ1v) is 10.2. The van der Waals surface area contributed by atoms with Crippen LogP contribution in [0.3, 0.4) is 0 Å². The van der Waals surface area contributed by atoms with Crippen LogP contribution in [0.1, 0.15) is 16.7 Å². The van der Waals surface area contributed by atoms with Crippen LogP contribution in [0.4, 0.5) is 16.2 Å². The lowest BCUT2D eigenvalue weighted by Crippen LogP contribution is -2.34. The smallest absolute Gasteiger partial charge is 0.295 e. The molecule has 2 amide bonds. The van der Waals surface area contributed by atoms with E-state index < -0.39 is 5.37 Å². The van der Waals surface area contributed by atoms with E-state index in [1.165, 1.54) is 4.90 Å². The molecule has 1 aliphatic heterocycles. The first kappa shape index (κ1) is 19.0.